The molecule has 19 heavy (non-hydrogen) atoms. The molecule has 1 aliphatic rings. The quantitative estimate of drug-likeness (QED) is 0.836. The molecule has 5 heteroatoms. The number of aromatic nitrogens is 2. The van der Waals surface area contributed by atoms with Crippen LogP contribution in [-0.2, 0) is 0 Å². The molecule has 5 nitrogen and oxygen atoms in total. The van der Waals surface area contributed by atoms with Crippen LogP contribution in [0, 0.1) is 0 Å². The first-order valence-electron chi connectivity index (χ1n) is 6.44. The fourth-order valence-electron chi connectivity index (χ4n) is 2.29. The molecule has 1 saturated heterocycles. The highest BCUT2D eigenvalue weighted by Crippen LogP contribution is 2.20. The molecule has 98 valence electrons. The molecule has 0 aliphatic carbocycles. The number of benzene rings is 1. The zero-order chi connectivity index (χ0) is 13.1. The van der Waals surface area contributed by atoms with Gasteiger partial charge < -0.3 is 15.2 Å². The number of nitrogens with zero attached hydrogens (tertiary/aromatic N) is 2. The summed E-state index contributed by atoms with van der Waals surface area (Å²) in [5.41, 5.74) is 2.76. The molecule has 3 rings (SSSR count). The Labute approximate surface area is 111 Å². The van der Waals surface area contributed by atoms with Crippen molar-refractivity contribution in [1.29, 1.82) is 0 Å². The maximum absolute atomic E-state index is 11.3. The Bertz CT molecular complexity index is 599. The normalized spacial score (nSPS) is 15.5. The first kappa shape index (κ1) is 11.9. The van der Waals surface area contributed by atoms with E-state index in [2.05, 4.69) is 32.3 Å². The summed E-state index contributed by atoms with van der Waals surface area (Å²) in [4.78, 5) is 20.3. The molecule has 0 amide bonds. The van der Waals surface area contributed by atoms with E-state index < -0.39 is 0 Å². The highest BCUT2D eigenvalue weighted by Gasteiger charge is 2.10. The molecule has 1 fully saturated rings. The van der Waals surface area contributed by atoms with Gasteiger partial charge in [-0.05, 0) is 12.1 Å². The topological polar surface area (TPSA) is 61.0 Å². The Kier molecular flexibility index (Phi) is 3.29. The molecule has 2 N–H and O–H groups in total. The van der Waals surface area contributed by atoms with Crippen LogP contribution in [0.4, 0.5) is 5.69 Å². The largest absolute Gasteiger partial charge is 0.369 e. The van der Waals surface area contributed by atoms with E-state index in [0.717, 1.165) is 31.7 Å². The third-order valence-corrected chi connectivity index (χ3v) is 3.32. The summed E-state index contributed by atoms with van der Waals surface area (Å²) in [6.07, 6.45) is 1.43. The number of piperazine rings is 1. The minimum atomic E-state index is -0.129. The van der Waals surface area contributed by atoms with E-state index >= 15 is 0 Å². The maximum atomic E-state index is 11.3. The Morgan fingerprint density at radius 3 is 2.53 bits per heavy atom. The third-order valence-electron chi connectivity index (χ3n) is 3.32. The highest BCUT2D eigenvalue weighted by molar-refractivity contribution is 5.62. The van der Waals surface area contributed by atoms with Crippen molar-refractivity contribution < 1.29 is 0 Å². The smallest absolute Gasteiger partial charge is 0.251 e. The van der Waals surface area contributed by atoms with Gasteiger partial charge in [0.15, 0.2) is 0 Å². The zero-order valence-electron chi connectivity index (χ0n) is 10.6. The van der Waals surface area contributed by atoms with Gasteiger partial charge in [-0.25, -0.2) is 4.98 Å². The van der Waals surface area contributed by atoms with Crippen molar-refractivity contribution in [3.05, 3.63) is 47.0 Å². The summed E-state index contributed by atoms with van der Waals surface area (Å²) in [6, 6.07) is 9.71. The van der Waals surface area contributed by atoms with Gasteiger partial charge >= 0.3 is 0 Å². The molecule has 2 heterocycles. The lowest BCUT2D eigenvalue weighted by atomic mass is 10.1. The van der Waals surface area contributed by atoms with Crippen molar-refractivity contribution in [2.75, 3.05) is 31.1 Å². The molecular formula is C14H16N4O. The number of rotatable bonds is 2. The average Bonchev–Trinajstić information content (AvgIpc) is 2.48. The van der Waals surface area contributed by atoms with Crippen LogP contribution in [0.1, 0.15) is 0 Å². The zero-order valence-corrected chi connectivity index (χ0v) is 10.6. The molecule has 1 aromatic carbocycles. The molecule has 1 aliphatic heterocycles. The molecule has 0 bridgehead atoms. The van der Waals surface area contributed by atoms with E-state index in [0.29, 0.717) is 5.69 Å². The van der Waals surface area contributed by atoms with Crippen molar-refractivity contribution in [3.8, 4) is 11.3 Å². The van der Waals surface area contributed by atoms with Gasteiger partial charge in [0.1, 0.15) is 0 Å². The third kappa shape index (κ3) is 2.66. The maximum Gasteiger partial charge on any atom is 0.251 e. The van der Waals surface area contributed by atoms with E-state index in [9.17, 15) is 4.79 Å². The van der Waals surface area contributed by atoms with E-state index in [1.807, 2.05) is 12.1 Å². The summed E-state index contributed by atoms with van der Waals surface area (Å²) in [5.74, 6) is 0. The summed E-state index contributed by atoms with van der Waals surface area (Å²) in [7, 11) is 0. The van der Waals surface area contributed by atoms with Crippen LogP contribution in [0.15, 0.2) is 41.5 Å². The molecular weight excluding hydrogens is 240 g/mol. The fourth-order valence-corrected chi connectivity index (χ4v) is 2.29. The number of hydrogen-bond acceptors (Lipinski definition) is 4. The van der Waals surface area contributed by atoms with Crippen molar-refractivity contribution in [1.82, 2.24) is 15.3 Å². The molecule has 1 aromatic heterocycles. The molecule has 0 spiro atoms. The number of hydrogen-bond donors (Lipinski definition) is 2. The van der Waals surface area contributed by atoms with Crippen molar-refractivity contribution in [3.63, 3.8) is 0 Å². The summed E-state index contributed by atoms with van der Waals surface area (Å²) >= 11 is 0. The van der Waals surface area contributed by atoms with Crippen LogP contribution in [-0.4, -0.2) is 36.1 Å². The predicted octanol–water partition coefficient (Wildman–Crippen LogP) is 0.846. The van der Waals surface area contributed by atoms with Gasteiger partial charge in [0.05, 0.1) is 12.0 Å². The molecule has 0 atom stereocenters. The van der Waals surface area contributed by atoms with E-state index in [4.69, 9.17) is 0 Å². The Hall–Kier alpha value is -2.14. The summed E-state index contributed by atoms with van der Waals surface area (Å²) < 4.78 is 0. The summed E-state index contributed by atoms with van der Waals surface area (Å²) in [6.45, 7) is 4.11. The Morgan fingerprint density at radius 1 is 1.11 bits per heavy atom. The van der Waals surface area contributed by atoms with E-state index in [-0.39, 0.29) is 5.56 Å². The van der Waals surface area contributed by atoms with Crippen LogP contribution in [0.25, 0.3) is 11.3 Å². The van der Waals surface area contributed by atoms with Gasteiger partial charge in [-0.3, -0.25) is 4.79 Å². The van der Waals surface area contributed by atoms with Gasteiger partial charge in [-0.1, -0.05) is 12.1 Å². The highest BCUT2D eigenvalue weighted by atomic mass is 16.1. The predicted molar refractivity (Wildman–Crippen MR) is 75.4 cm³/mol. The van der Waals surface area contributed by atoms with E-state index in [1.54, 1.807) is 0 Å². The Balaban J connectivity index is 1.84. The SMILES string of the molecule is O=c1cc(-c2ccc(N3CCNCC3)cc2)nc[nH]1. The first-order valence-corrected chi connectivity index (χ1v) is 6.44. The van der Waals surface area contributed by atoms with Crippen LogP contribution in [0.5, 0.6) is 0 Å². The standard InChI is InChI=1S/C14H16N4O/c19-14-9-13(16-10-17-14)11-1-3-12(4-2-11)18-7-5-15-6-8-18/h1-4,9-10,15H,5-8H2,(H,16,17,19). The van der Waals surface area contributed by atoms with E-state index in [1.165, 1.54) is 18.1 Å². The van der Waals surface area contributed by atoms with Gasteiger partial charge in [0.25, 0.3) is 5.56 Å². The van der Waals surface area contributed by atoms with Crippen molar-refractivity contribution in [2.45, 2.75) is 0 Å². The van der Waals surface area contributed by atoms with Crippen LogP contribution in [0.2, 0.25) is 0 Å². The molecule has 0 unspecified atom stereocenters. The lowest BCUT2D eigenvalue weighted by molar-refractivity contribution is 0.589. The first-order chi connectivity index (χ1) is 9.33. The second-order valence-corrected chi connectivity index (χ2v) is 4.58. The molecule has 0 saturated carbocycles. The minimum Gasteiger partial charge on any atom is -0.369 e. The van der Waals surface area contributed by atoms with Crippen LogP contribution >= 0.6 is 0 Å². The number of H-pyrrole nitrogens is 1. The fraction of sp³-hybridized carbons (Fsp3) is 0.286. The van der Waals surface area contributed by atoms with Gasteiger partial charge in [-0.15, -0.1) is 0 Å². The van der Waals surface area contributed by atoms with Gasteiger partial charge in [0.2, 0.25) is 0 Å². The van der Waals surface area contributed by atoms with Crippen molar-refractivity contribution >= 4 is 5.69 Å². The lowest BCUT2D eigenvalue weighted by Crippen LogP contribution is -2.43. The summed E-state index contributed by atoms with van der Waals surface area (Å²) in [5, 5.41) is 3.34. The second-order valence-electron chi connectivity index (χ2n) is 4.58. The number of nitrogens with one attached hydrogen (secondary N) is 2. The number of anilines is 1. The minimum absolute atomic E-state index is 0.129. The van der Waals surface area contributed by atoms with Crippen molar-refractivity contribution in [2.24, 2.45) is 0 Å². The van der Waals surface area contributed by atoms with Crippen LogP contribution < -0.4 is 15.8 Å². The van der Waals surface area contributed by atoms with Gasteiger partial charge in [-0.2, -0.15) is 0 Å². The monoisotopic (exact) mass is 256 g/mol. The average molecular weight is 256 g/mol. The van der Waals surface area contributed by atoms with Crippen LogP contribution in [0.3, 0.4) is 0 Å². The Morgan fingerprint density at radius 2 is 1.84 bits per heavy atom. The lowest BCUT2D eigenvalue weighted by Gasteiger charge is -2.29. The molecule has 0 radical (unpaired) electrons. The van der Waals surface area contributed by atoms with Gasteiger partial charge in [0, 0.05) is 43.5 Å². The second kappa shape index (κ2) is 5.24. The number of aromatic amines is 1. The molecule has 2 aromatic rings.